The zero-order chi connectivity index (χ0) is 9.52. The van der Waals surface area contributed by atoms with Gasteiger partial charge in [-0.15, -0.1) is 11.8 Å². The first-order chi connectivity index (χ1) is 6.33. The fourth-order valence-corrected chi connectivity index (χ4v) is 1.66. The van der Waals surface area contributed by atoms with Gasteiger partial charge in [0, 0.05) is 18.1 Å². The molecule has 0 spiro atoms. The molecule has 0 amide bonds. The maximum atomic E-state index is 10.9. The van der Waals surface area contributed by atoms with Crippen molar-refractivity contribution in [3.63, 3.8) is 0 Å². The number of rotatable bonds is 5. The zero-order valence-corrected chi connectivity index (χ0v) is 8.09. The van der Waals surface area contributed by atoms with Gasteiger partial charge in [0.2, 0.25) is 0 Å². The molecule has 0 N–H and O–H groups in total. The average molecular weight is 193 g/mol. The molecule has 0 aromatic carbocycles. The highest BCUT2D eigenvalue weighted by Gasteiger charge is 1.96. The molecule has 1 aromatic heterocycles. The van der Waals surface area contributed by atoms with Gasteiger partial charge in [-0.05, 0) is 23.8 Å². The number of nitrogens with zero attached hydrogens (tertiary/aromatic N) is 1. The van der Waals surface area contributed by atoms with Gasteiger partial charge in [-0.1, -0.05) is 6.58 Å². The Kier molecular flexibility index (Phi) is 4.26. The van der Waals surface area contributed by atoms with Crippen LogP contribution in [0.1, 0.15) is 5.56 Å². The van der Waals surface area contributed by atoms with Crippen LogP contribution in [0.15, 0.2) is 37.2 Å². The Labute approximate surface area is 82.1 Å². The van der Waals surface area contributed by atoms with Crippen LogP contribution in [0.4, 0.5) is 0 Å². The van der Waals surface area contributed by atoms with E-state index < -0.39 is 0 Å². The predicted octanol–water partition coefficient (Wildman–Crippen LogP) is 2.07. The molecule has 1 aromatic rings. The Bertz CT molecular complexity index is 284. The minimum Gasteiger partial charge on any atom is -0.294 e. The Hall–Kier alpha value is -1.09. The van der Waals surface area contributed by atoms with Crippen molar-refractivity contribution in [1.82, 2.24) is 4.98 Å². The molecule has 0 aliphatic carbocycles. The number of carbonyl (C=O) groups is 1. The number of thioether (sulfide) groups is 1. The summed E-state index contributed by atoms with van der Waals surface area (Å²) < 4.78 is 0. The van der Waals surface area contributed by atoms with Crippen molar-refractivity contribution in [2.75, 3.05) is 5.75 Å². The number of ketones is 1. The molecule has 3 heteroatoms. The van der Waals surface area contributed by atoms with Crippen LogP contribution < -0.4 is 0 Å². The molecular weight excluding hydrogens is 182 g/mol. The number of hydrogen-bond donors (Lipinski definition) is 0. The average Bonchev–Trinajstić information content (AvgIpc) is 2.19. The second-order valence-corrected chi connectivity index (χ2v) is 3.50. The van der Waals surface area contributed by atoms with Crippen LogP contribution in [0.5, 0.6) is 0 Å². The van der Waals surface area contributed by atoms with Gasteiger partial charge in [0.05, 0.1) is 5.75 Å². The molecule has 0 bridgehead atoms. The lowest BCUT2D eigenvalue weighted by Gasteiger charge is -1.98. The number of allylic oxidation sites excluding steroid dienone is 1. The van der Waals surface area contributed by atoms with E-state index in [-0.39, 0.29) is 5.78 Å². The molecule has 68 valence electrons. The largest absolute Gasteiger partial charge is 0.294 e. The van der Waals surface area contributed by atoms with Crippen molar-refractivity contribution in [3.8, 4) is 0 Å². The minimum atomic E-state index is 0.0825. The monoisotopic (exact) mass is 193 g/mol. The summed E-state index contributed by atoms with van der Waals surface area (Å²) in [7, 11) is 0. The van der Waals surface area contributed by atoms with Crippen LogP contribution in [0.2, 0.25) is 0 Å². The number of aromatic nitrogens is 1. The topological polar surface area (TPSA) is 30.0 Å². The molecule has 0 fully saturated rings. The van der Waals surface area contributed by atoms with Gasteiger partial charge < -0.3 is 0 Å². The van der Waals surface area contributed by atoms with Crippen molar-refractivity contribution in [1.29, 1.82) is 0 Å². The van der Waals surface area contributed by atoms with E-state index in [0.717, 1.165) is 5.75 Å². The standard InChI is InChI=1S/C10H11NOS/c1-2-10(12)8-13-7-9-3-5-11-6-4-9/h2-6H,1,7-8H2. The molecular formula is C10H11NOS. The van der Waals surface area contributed by atoms with Gasteiger partial charge in [-0.3, -0.25) is 9.78 Å². The van der Waals surface area contributed by atoms with Crippen LogP contribution in [-0.2, 0) is 10.5 Å². The lowest BCUT2D eigenvalue weighted by Crippen LogP contribution is -1.95. The molecule has 0 aliphatic heterocycles. The fraction of sp³-hybridized carbons (Fsp3) is 0.200. The van der Waals surface area contributed by atoms with Crippen molar-refractivity contribution in [2.24, 2.45) is 0 Å². The number of pyridine rings is 1. The maximum absolute atomic E-state index is 10.9. The lowest BCUT2D eigenvalue weighted by atomic mass is 10.3. The third-order valence-corrected chi connectivity index (χ3v) is 2.52. The van der Waals surface area contributed by atoms with Gasteiger partial charge in [0.1, 0.15) is 0 Å². The molecule has 0 unspecified atom stereocenters. The van der Waals surface area contributed by atoms with E-state index in [1.165, 1.54) is 11.6 Å². The van der Waals surface area contributed by atoms with Crippen LogP contribution in [-0.4, -0.2) is 16.5 Å². The van der Waals surface area contributed by atoms with Crippen LogP contribution in [0.25, 0.3) is 0 Å². The van der Waals surface area contributed by atoms with E-state index in [1.54, 1.807) is 24.2 Å². The number of carbonyl (C=O) groups excluding carboxylic acids is 1. The first kappa shape index (κ1) is 9.99. The van der Waals surface area contributed by atoms with E-state index in [0.29, 0.717) is 5.75 Å². The number of hydrogen-bond acceptors (Lipinski definition) is 3. The summed E-state index contributed by atoms with van der Waals surface area (Å²) in [5, 5.41) is 0. The summed E-state index contributed by atoms with van der Waals surface area (Å²) >= 11 is 1.59. The summed E-state index contributed by atoms with van der Waals surface area (Å²) in [6, 6.07) is 3.90. The van der Waals surface area contributed by atoms with Crippen LogP contribution in [0.3, 0.4) is 0 Å². The second-order valence-electron chi connectivity index (χ2n) is 2.52. The van der Waals surface area contributed by atoms with Crippen LogP contribution >= 0.6 is 11.8 Å². The van der Waals surface area contributed by atoms with Gasteiger partial charge in [-0.2, -0.15) is 0 Å². The highest BCUT2D eigenvalue weighted by molar-refractivity contribution is 7.99. The van der Waals surface area contributed by atoms with E-state index in [9.17, 15) is 4.79 Å². The molecule has 0 atom stereocenters. The summed E-state index contributed by atoms with van der Waals surface area (Å²) in [4.78, 5) is 14.8. The zero-order valence-electron chi connectivity index (χ0n) is 7.27. The van der Waals surface area contributed by atoms with Crippen molar-refractivity contribution in [2.45, 2.75) is 5.75 Å². The molecule has 13 heavy (non-hydrogen) atoms. The molecule has 0 saturated heterocycles. The summed E-state index contributed by atoms with van der Waals surface area (Å²) in [6.07, 6.45) is 4.87. The SMILES string of the molecule is C=CC(=O)CSCc1ccncc1. The summed E-state index contributed by atoms with van der Waals surface area (Å²) in [5.41, 5.74) is 1.19. The third-order valence-electron chi connectivity index (χ3n) is 1.49. The highest BCUT2D eigenvalue weighted by atomic mass is 32.2. The Morgan fingerprint density at radius 3 is 2.85 bits per heavy atom. The second kappa shape index (κ2) is 5.54. The van der Waals surface area contributed by atoms with Gasteiger partial charge >= 0.3 is 0 Å². The predicted molar refractivity (Wildman–Crippen MR) is 55.6 cm³/mol. The molecule has 0 radical (unpaired) electrons. The van der Waals surface area contributed by atoms with Crippen molar-refractivity contribution >= 4 is 17.5 Å². The van der Waals surface area contributed by atoms with Gasteiger partial charge in [0.25, 0.3) is 0 Å². The first-order valence-corrected chi connectivity index (χ1v) is 5.10. The normalized spacial score (nSPS) is 9.54. The molecule has 0 aliphatic rings. The molecule has 0 saturated carbocycles. The quantitative estimate of drug-likeness (QED) is 0.670. The Morgan fingerprint density at radius 1 is 1.54 bits per heavy atom. The van der Waals surface area contributed by atoms with Crippen molar-refractivity contribution in [3.05, 3.63) is 42.7 Å². The lowest BCUT2D eigenvalue weighted by molar-refractivity contribution is -0.112. The fourth-order valence-electron chi connectivity index (χ4n) is 0.807. The van der Waals surface area contributed by atoms with Crippen molar-refractivity contribution < 1.29 is 4.79 Å². The smallest absolute Gasteiger partial charge is 0.164 e. The minimum absolute atomic E-state index is 0.0825. The molecule has 1 rings (SSSR count). The van der Waals surface area contributed by atoms with Gasteiger partial charge in [0.15, 0.2) is 5.78 Å². The van der Waals surface area contributed by atoms with E-state index in [4.69, 9.17) is 0 Å². The van der Waals surface area contributed by atoms with E-state index in [1.807, 2.05) is 12.1 Å². The third kappa shape index (κ3) is 3.90. The first-order valence-electron chi connectivity index (χ1n) is 3.95. The summed E-state index contributed by atoms with van der Waals surface area (Å²) in [6.45, 7) is 3.41. The van der Waals surface area contributed by atoms with E-state index >= 15 is 0 Å². The Morgan fingerprint density at radius 2 is 2.23 bits per heavy atom. The molecule has 1 heterocycles. The summed E-state index contributed by atoms with van der Waals surface area (Å²) in [5.74, 6) is 1.44. The molecule has 2 nitrogen and oxygen atoms in total. The van der Waals surface area contributed by atoms with Gasteiger partial charge in [-0.25, -0.2) is 0 Å². The maximum Gasteiger partial charge on any atom is 0.164 e. The highest BCUT2D eigenvalue weighted by Crippen LogP contribution is 2.10. The van der Waals surface area contributed by atoms with Crippen LogP contribution in [0, 0.1) is 0 Å². The van der Waals surface area contributed by atoms with E-state index in [2.05, 4.69) is 11.6 Å². The Balaban J connectivity index is 2.28.